The summed E-state index contributed by atoms with van der Waals surface area (Å²) in [6.07, 6.45) is 5.14. The molecule has 25 heavy (non-hydrogen) atoms. The number of nitrogens with zero attached hydrogens (tertiary/aromatic N) is 3. The van der Waals surface area contributed by atoms with Crippen LogP contribution in [0.1, 0.15) is 46.1 Å². The van der Waals surface area contributed by atoms with E-state index in [1.807, 2.05) is 38.2 Å². The Balaban J connectivity index is 1.57. The molecule has 2 aliphatic rings. The van der Waals surface area contributed by atoms with Gasteiger partial charge < -0.3 is 18.6 Å². The zero-order valence-electron chi connectivity index (χ0n) is 15.1. The third kappa shape index (κ3) is 3.23. The summed E-state index contributed by atoms with van der Waals surface area (Å²) in [5.74, 6) is 2.16. The average molecular weight is 343 g/mol. The lowest BCUT2D eigenvalue weighted by atomic mass is 10.0. The Bertz CT molecular complexity index is 788. The summed E-state index contributed by atoms with van der Waals surface area (Å²) in [6.45, 7) is 5.61. The topological polar surface area (TPSA) is 60.5 Å². The highest BCUT2D eigenvalue weighted by atomic mass is 16.5. The molecule has 4 rings (SSSR count). The van der Waals surface area contributed by atoms with Crippen LogP contribution in [0.4, 0.5) is 0 Å². The lowest BCUT2D eigenvalue weighted by molar-refractivity contribution is 0.0335. The molecule has 0 bridgehead atoms. The van der Waals surface area contributed by atoms with E-state index in [0.717, 1.165) is 30.4 Å². The van der Waals surface area contributed by atoms with Crippen molar-refractivity contribution in [1.29, 1.82) is 0 Å². The molecule has 1 saturated carbocycles. The number of hydrogen-bond acceptors (Lipinski definition) is 4. The first-order valence-electron chi connectivity index (χ1n) is 8.97. The zero-order valence-corrected chi connectivity index (χ0v) is 15.1. The Morgan fingerprint density at radius 1 is 1.36 bits per heavy atom. The molecule has 1 aliphatic carbocycles. The van der Waals surface area contributed by atoms with Crippen molar-refractivity contribution in [2.75, 3.05) is 13.2 Å². The van der Waals surface area contributed by atoms with Crippen LogP contribution in [0.2, 0.25) is 0 Å². The first-order valence-corrected chi connectivity index (χ1v) is 8.97. The van der Waals surface area contributed by atoms with Crippen molar-refractivity contribution >= 4 is 5.91 Å². The van der Waals surface area contributed by atoms with E-state index >= 15 is 0 Å². The molecule has 0 N–H and O–H groups in total. The van der Waals surface area contributed by atoms with Crippen LogP contribution in [0.5, 0.6) is 0 Å². The summed E-state index contributed by atoms with van der Waals surface area (Å²) >= 11 is 0. The van der Waals surface area contributed by atoms with Crippen molar-refractivity contribution in [2.45, 2.75) is 45.7 Å². The van der Waals surface area contributed by atoms with Crippen LogP contribution in [0.25, 0.3) is 0 Å². The monoisotopic (exact) mass is 343 g/mol. The number of ether oxygens (including phenoxy) is 1. The predicted molar refractivity (Wildman–Crippen MR) is 92.3 cm³/mol. The number of furan rings is 1. The SMILES string of the molecule is Cc1cc(C(=O)N2Cc3ncn(C)c3C[C@H]2COCC2CC2)c(C)o1. The molecule has 2 aromatic rings. The number of aryl methyl sites for hydroxylation is 3. The van der Waals surface area contributed by atoms with Crippen molar-refractivity contribution in [3.8, 4) is 0 Å². The smallest absolute Gasteiger partial charge is 0.258 e. The second-order valence-electron chi connectivity index (χ2n) is 7.35. The number of imidazole rings is 1. The lowest BCUT2D eigenvalue weighted by Crippen LogP contribution is -2.47. The van der Waals surface area contributed by atoms with Crippen LogP contribution in [0.3, 0.4) is 0 Å². The van der Waals surface area contributed by atoms with E-state index in [1.54, 1.807) is 0 Å². The maximum atomic E-state index is 13.1. The average Bonchev–Trinajstić information content (AvgIpc) is 3.25. The van der Waals surface area contributed by atoms with E-state index in [-0.39, 0.29) is 11.9 Å². The van der Waals surface area contributed by atoms with Crippen LogP contribution in [0, 0.1) is 19.8 Å². The number of hydrogen-bond donors (Lipinski definition) is 0. The number of fused-ring (bicyclic) bond motifs is 1. The number of amides is 1. The van der Waals surface area contributed by atoms with Crippen LogP contribution >= 0.6 is 0 Å². The van der Waals surface area contributed by atoms with Crippen molar-refractivity contribution < 1.29 is 13.9 Å². The summed E-state index contributed by atoms with van der Waals surface area (Å²) in [6, 6.07) is 1.86. The lowest BCUT2D eigenvalue weighted by Gasteiger charge is -2.35. The fourth-order valence-corrected chi connectivity index (χ4v) is 3.56. The van der Waals surface area contributed by atoms with E-state index in [2.05, 4.69) is 9.55 Å². The Kier molecular flexibility index (Phi) is 4.15. The van der Waals surface area contributed by atoms with E-state index in [1.165, 1.54) is 18.5 Å². The van der Waals surface area contributed by atoms with Gasteiger partial charge in [-0.05, 0) is 38.7 Å². The highest BCUT2D eigenvalue weighted by Gasteiger charge is 2.34. The molecule has 1 atom stereocenters. The third-order valence-corrected chi connectivity index (χ3v) is 5.23. The van der Waals surface area contributed by atoms with Gasteiger partial charge in [0, 0.05) is 25.8 Å². The van der Waals surface area contributed by atoms with E-state index < -0.39 is 0 Å². The van der Waals surface area contributed by atoms with Crippen molar-refractivity contribution in [3.63, 3.8) is 0 Å². The summed E-state index contributed by atoms with van der Waals surface area (Å²) in [7, 11) is 2.01. The van der Waals surface area contributed by atoms with Crippen molar-refractivity contribution in [3.05, 3.63) is 40.9 Å². The number of rotatable bonds is 5. The first kappa shape index (κ1) is 16.4. The predicted octanol–water partition coefficient (Wildman–Crippen LogP) is 2.62. The maximum absolute atomic E-state index is 13.1. The summed E-state index contributed by atoms with van der Waals surface area (Å²) in [5.41, 5.74) is 2.82. The molecule has 2 aromatic heterocycles. The first-order chi connectivity index (χ1) is 12.0. The molecule has 0 saturated heterocycles. The summed E-state index contributed by atoms with van der Waals surface area (Å²) in [4.78, 5) is 19.5. The van der Waals surface area contributed by atoms with Gasteiger partial charge in [-0.2, -0.15) is 0 Å². The molecular weight excluding hydrogens is 318 g/mol. The van der Waals surface area contributed by atoms with Gasteiger partial charge in [0.05, 0.1) is 36.8 Å². The molecule has 6 heteroatoms. The normalized spacial score (nSPS) is 20.0. The molecule has 0 spiro atoms. The molecule has 134 valence electrons. The van der Waals surface area contributed by atoms with Gasteiger partial charge in [-0.15, -0.1) is 0 Å². The van der Waals surface area contributed by atoms with Gasteiger partial charge in [-0.1, -0.05) is 0 Å². The third-order valence-electron chi connectivity index (χ3n) is 5.23. The van der Waals surface area contributed by atoms with Gasteiger partial charge in [-0.25, -0.2) is 4.98 Å². The number of carbonyl (C=O) groups is 1. The number of carbonyl (C=O) groups excluding carboxylic acids is 1. The Hall–Kier alpha value is -2.08. The van der Waals surface area contributed by atoms with Gasteiger partial charge in [-0.3, -0.25) is 4.79 Å². The highest BCUT2D eigenvalue weighted by molar-refractivity contribution is 5.95. The fourth-order valence-electron chi connectivity index (χ4n) is 3.56. The zero-order chi connectivity index (χ0) is 17.6. The molecule has 1 amide bonds. The quantitative estimate of drug-likeness (QED) is 0.837. The Labute approximate surface area is 147 Å². The molecule has 1 aliphatic heterocycles. The van der Waals surface area contributed by atoms with Gasteiger partial charge in [0.1, 0.15) is 11.5 Å². The minimum atomic E-state index is 0.00525. The highest BCUT2D eigenvalue weighted by Crippen LogP contribution is 2.30. The van der Waals surface area contributed by atoms with E-state index in [4.69, 9.17) is 9.15 Å². The molecule has 6 nitrogen and oxygen atoms in total. The van der Waals surface area contributed by atoms with E-state index in [9.17, 15) is 4.79 Å². The maximum Gasteiger partial charge on any atom is 0.258 e. The van der Waals surface area contributed by atoms with Crippen LogP contribution in [0.15, 0.2) is 16.8 Å². The van der Waals surface area contributed by atoms with Crippen molar-refractivity contribution in [1.82, 2.24) is 14.5 Å². The molecule has 0 radical (unpaired) electrons. The largest absolute Gasteiger partial charge is 0.466 e. The Morgan fingerprint density at radius 3 is 2.84 bits per heavy atom. The second kappa shape index (κ2) is 6.33. The van der Waals surface area contributed by atoms with Gasteiger partial charge in [0.25, 0.3) is 5.91 Å². The van der Waals surface area contributed by atoms with Crippen molar-refractivity contribution in [2.24, 2.45) is 13.0 Å². The molecule has 3 heterocycles. The molecule has 0 unspecified atom stereocenters. The minimum absolute atomic E-state index is 0.00525. The standard InChI is InChI=1S/C19H25N3O3/c1-12-6-16(13(2)25-12)19(23)22-8-17-18(21(3)11-20-17)7-15(22)10-24-9-14-4-5-14/h6,11,14-15H,4-5,7-10H2,1-3H3/t15-/m0/s1. The minimum Gasteiger partial charge on any atom is -0.466 e. The molecule has 0 aromatic carbocycles. The fraction of sp³-hybridized carbons (Fsp3) is 0.579. The number of aromatic nitrogens is 2. The van der Waals surface area contributed by atoms with Crippen LogP contribution in [-0.2, 0) is 24.8 Å². The van der Waals surface area contributed by atoms with E-state index in [0.29, 0.717) is 24.5 Å². The summed E-state index contributed by atoms with van der Waals surface area (Å²) in [5, 5.41) is 0. The molecular formula is C19H25N3O3. The van der Waals surface area contributed by atoms with Crippen LogP contribution in [-0.4, -0.2) is 39.6 Å². The van der Waals surface area contributed by atoms with Gasteiger partial charge >= 0.3 is 0 Å². The molecule has 1 fully saturated rings. The summed E-state index contributed by atoms with van der Waals surface area (Å²) < 4.78 is 13.5. The second-order valence-corrected chi connectivity index (χ2v) is 7.35. The Morgan fingerprint density at radius 2 is 2.16 bits per heavy atom. The van der Waals surface area contributed by atoms with Gasteiger partial charge in [0.2, 0.25) is 0 Å². The van der Waals surface area contributed by atoms with Gasteiger partial charge in [0.15, 0.2) is 0 Å². The van der Waals surface area contributed by atoms with Crippen LogP contribution < -0.4 is 0 Å².